The monoisotopic (exact) mass is 393 g/mol. The highest BCUT2D eigenvalue weighted by atomic mass is 19.4. The molecule has 0 spiro atoms. The summed E-state index contributed by atoms with van der Waals surface area (Å²) in [5, 5.41) is 19.5. The molecule has 1 amide bonds. The molecule has 0 aliphatic heterocycles. The molecule has 148 valence electrons. The first-order valence-electron chi connectivity index (χ1n) is 8.71. The van der Waals surface area contributed by atoms with Gasteiger partial charge in [-0.1, -0.05) is 0 Å². The minimum atomic E-state index is -4.62. The third kappa shape index (κ3) is 4.60. The molecule has 0 saturated heterocycles. The van der Waals surface area contributed by atoms with Gasteiger partial charge in [-0.25, -0.2) is 0 Å². The molecule has 0 unspecified atom stereocenters. The molecule has 1 aromatic heterocycles. The second kappa shape index (κ2) is 7.88. The van der Waals surface area contributed by atoms with Crippen LogP contribution in [0.15, 0.2) is 24.4 Å². The number of halogens is 3. The van der Waals surface area contributed by atoms with Gasteiger partial charge < -0.3 is 10.1 Å². The van der Waals surface area contributed by atoms with Crippen LogP contribution in [0.4, 0.5) is 13.2 Å². The number of hydrogen-bond acceptors (Lipinski definition) is 5. The van der Waals surface area contributed by atoms with Gasteiger partial charge >= 0.3 is 6.18 Å². The van der Waals surface area contributed by atoms with E-state index in [0.717, 1.165) is 12.1 Å². The number of benzene rings is 1. The van der Waals surface area contributed by atoms with E-state index in [9.17, 15) is 18.0 Å². The van der Waals surface area contributed by atoms with E-state index in [0.29, 0.717) is 25.7 Å². The maximum Gasteiger partial charge on any atom is 0.417 e. The Morgan fingerprint density at radius 3 is 2.61 bits per heavy atom. The van der Waals surface area contributed by atoms with Crippen molar-refractivity contribution in [1.82, 2.24) is 20.3 Å². The van der Waals surface area contributed by atoms with Crippen molar-refractivity contribution < 1.29 is 22.7 Å². The molecule has 7 nitrogen and oxygen atoms in total. The van der Waals surface area contributed by atoms with Crippen LogP contribution in [-0.4, -0.2) is 33.0 Å². The van der Waals surface area contributed by atoms with Crippen LogP contribution in [0.1, 0.15) is 47.3 Å². The molecule has 0 bridgehead atoms. The van der Waals surface area contributed by atoms with E-state index in [1.165, 1.54) is 17.1 Å². The van der Waals surface area contributed by atoms with Crippen molar-refractivity contribution in [2.45, 2.75) is 44.0 Å². The lowest BCUT2D eigenvalue weighted by Crippen LogP contribution is -2.39. The number of alkyl halides is 3. The molecule has 1 saturated carbocycles. The van der Waals surface area contributed by atoms with Crippen molar-refractivity contribution >= 4 is 5.91 Å². The summed E-state index contributed by atoms with van der Waals surface area (Å²) < 4.78 is 44.8. The van der Waals surface area contributed by atoms with Crippen molar-refractivity contribution in [1.29, 1.82) is 5.26 Å². The lowest BCUT2D eigenvalue weighted by Gasteiger charge is -2.29. The smallest absolute Gasteiger partial charge is 0.417 e. The van der Waals surface area contributed by atoms with Crippen LogP contribution in [0.25, 0.3) is 0 Å². The Labute approximate surface area is 159 Å². The summed E-state index contributed by atoms with van der Waals surface area (Å²) in [6.07, 6.45) is -1.03. The van der Waals surface area contributed by atoms with Crippen LogP contribution in [0.2, 0.25) is 0 Å². The lowest BCUT2D eigenvalue weighted by molar-refractivity contribution is -0.137. The number of nitrogens with zero attached hydrogens (tertiary/aromatic N) is 4. The molecule has 0 atom stereocenters. The van der Waals surface area contributed by atoms with Gasteiger partial charge in [0, 0.05) is 13.1 Å². The third-order valence-electron chi connectivity index (χ3n) is 4.56. The van der Waals surface area contributed by atoms with Gasteiger partial charge in [-0.2, -0.15) is 28.3 Å². The summed E-state index contributed by atoms with van der Waals surface area (Å²) in [5.41, 5.74) is -1.20. The molecule has 1 heterocycles. The Hall–Kier alpha value is -3.09. The van der Waals surface area contributed by atoms with Crippen molar-refractivity contribution in [3.8, 4) is 11.8 Å². The molecule has 3 rings (SSSR count). The number of aromatic nitrogens is 3. The molecule has 28 heavy (non-hydrogen) atoms. The first-order chi connectivity index (χ1) is 13.3. The average molecular weight is 393 g/mol. The topological polar surface area (TPSA) is 92.8 Å². The number of hydrogen-bond donors (Lipinski definition) is 1. The van der Waals surface area contributed by atoms with Gasteiger partial charge in [0.25, 0.3) is 5.91 Å². The number of carbonyl (C=O) groups is 1. The van der Waals surface area contributed by atoms with Gasteiger partial charge in [0.2, 0.25) is 0 Å². The van der Waals surface area contributed by atoms with E-state index in [-0.39, 0.29) is 29.5 Å². The van der Waals surface area contributed by atoms with E-state index in [1.54, 1.807) is 13.1 Å². The highest BCUT2D eigenvalue weighted by Gasteiger charge is 2.34. The van der Waals surface area contributed by atoms with Crippen molar-refractivity contribution in [2.24, 2.45) is 7.05 Å². The van der Waals surface area contributed by atoms with E-state index >= 15 is 0 Å². The van der Waals surface area contributed by atoms with Crippen molar-refractivity contribution in [3.05, 3.63) is 41.2 Å². The van der Waals surface area contributed by atoms with Crippen LogP contribution < -0.4 is 10.1 Å². The number of ether oxygens (including phenoxy) is 1. The summed E-state index contributed by atoms with van der Waals surface area (Å²) in [6.45, 7) is 0. The summed E-state index contributed by atoms with van der Waals surface area (Å²) in [4.78, 5) is 13.4. The van der Waals surface area contributed by atoms with Crippen LogP contribution in [0, 0.1) is 11.3 Å². The molecule has 1 N–H and O–H groups in total. The molecule has 2 aromatic rings. The van der Waals surface area contributed by atoms with Crippen LogP contribution in [0.5, 0.6) is 5.75 Å². The first-order valence-corrected chi connectivity index (χ1v) is 8.71. The number of nitriles is 1. The Bertz CT molecular complexity index is 895. The zero-order chi connectivity index (χ0) is 20.3. The zero-order valence-corrected chi connectivity index (χ0v) is 15.0. The Morgan fingerprint density at radius 2 is 2.04 bits per heavy atom. The molecule has 1 aromatic carbocycles. The maximum absolute atomic E-state index is 13.1. The molecular formula is C18H18F3N5O2. The number of carbonyl (C=O) groups excluding carboxylic acids is 1. The predicted octanol–water partition coefficient (Wildman–Crippen LogP) is 2.83. The molecule has 1 aliphatic rings. The second-order valence-corrected chi connectivity index (χ2v) is 6.60. The van der Waals surface area contributed by atoms with Gasteiger partial charge in [-0.05, 0) is 43.9 Å². The van der Waals surface area contributed by atoms with Gasteiger partial charge in [-0.15, -0.1) is 5.10 Å². The summed E-state index contributed by atoms with van der Waals surface area (Å²) in [7, 11) is 1.62. The summed E-state index contributed by atoms with van der Waals surface area (Å²) in [6, 6.07) is 4.84. The van der Waals surface area contributed by atoms with E-state index < -0.39 is 17.3 Å². The maximum atomic E-state index is 13.1. The normalized spacial score (nSPS) is 19.7. The summed E-state index contributed by atoms with van der Waals surface area (Å²) in [5.74, 6) is -0.224. The second-order valence-electron chi connectivity index (χ2n) is 6.60. The quantitative estimate of drug-likeness (QED) is 0.862. The highest BCUT2D eigenvalue weighted by Crippen LogP contribution is 2.35. The number of rotatable bonds is 4. The fourth-order valence-electron chi connectivity index (χ4n) is 3.16. The minimum Gasteiger partial charge on any atom is -0.490 e. The van der Waals surface area contributed by atoms with Gasteiger partial charge in [-0.3, -0.25) is 4.79 Å². The number of amides is 1. The third-order valence-corrected chi connectivity index (χ3v) is 4.56. The minimum absolute atomic E-state index is 0.0546. The fraction of sp³-hybridized carbons (Fsp3) is 0.444. The Morgan fingerprint density at radius 1 is 1.32 bits per heavy atom. The standard InChI is InChI=1S/C18H18F3N5O2/c1-26-23-10-16(25-26)17(27)24-12-3-6-13(7-4-12)28-14-5-2-11(9-22)15(8-14)18(19,20)21/h2,5,8,10,12-13H,3-4,6-7H2,1H3,(H,24,27)/t12-,13-. The van der Waals surface area contributed by atoms with Gasteiger partial charge in [0.15, 0.2) is 5.69 Å². The van der Waals surface area contributed by atoms with E-state index in [2.05, 4.69) is 15.5 Å². The van der Waals surface area contributed by atoms with Gasteiger partial charge in [0.1, 0.15) is 5.75 Å². The molecule has 10 heteroatoms. The largest absolute Gasteiger partial charge is 0.490 e. The van der Waals surface area contributed by atoms with Crippen LogP contribution >= 0.6 is 0 Å². The van der Waals surface area contributed by atoms with Crippen molar-refractivity contribution in [2.75, 3.05) is 0 Å². The Balaban J connectivity index is 1.56. The molecule has 0 radical (unpaired) electrons. The molecular weight excluding hydrogens is 375 g/mol. The fourth-order valence-corrected chi connectivity index (χ4v) is 3.16. The van der Waals surface area contributed by atoms with E-state index in [4.69, 9.17) is 10.00 Å². The average Bonchev–Trinajstić information content (AvgIpc) is 3.09. The number of nitrogens with one attached hydrogen (secondary N) is 1. The zero-order valence-electron chi connectivity index (χ0n) is 15.0. The van der Waals surface area contributed by atoms with E-state index in [1.807, 2.05) is 0 Å². The summed E-state index contributed by atoms with van der Waals surface area (Å²) >= 11 is 0. The predicted molar refractivity (Wildman–Crippen MR) is 91.3 cm³/mol. The molecule has 1 fully saturated rings. The van der Waals surface area contributed by atoms with Gasteiger partial charge in [0.05, 0.1) is 29.5 Å². The first kappa shape index (κ1) is 19.7. The molecule has 1 aliphatic carbocycles. The SMILES string of the molecule is Cn1ncc(C(=O)N[C@H]2CC[C@H](Oc3ccc(C#N)c(C(F)(F)F)c3)CC2)n1. The highest BCUT2D eigenvalue weighted by molar-refractivity contribution is 5.92. The number of aryl methyl sites for hydroxylation is 1. The van der Waals surface area contributed by atoms with Crippen LogP contribution in [-0.2, 0) is 13.2 Å². The Kier molecular flexibility index (Phi) is 5.53. The van der Waals surface area contributed by atoms with Crippen molar-refractivity contribution in [3.63, 3.8) is 0 Å². The lowest BCUT2D eigenvalue weighted by atomic mass is 9.92. The van der Waals surface area contributed by atoms with Crippen LogP contribution in [0.3, 0.4) is 0 Å².